The van der Waals surface area contributed by atoms with E-state index in [1.165, 1.54) is 11.8 Å². The summed E-state index contributed by atoms with van der Waals surface area (Å²) in [5.41, 5.74) is 0.930. The number of thioether (sulfide) groups is 1. The van der Waals surface area contributed by atoms with Gasteiger partial charge in [-0.2, -0.15) is 0 Å². The number of benzene rings is 1. The lowest BCUT2D eigenvalue weighted by atomic mass is 9.96. The average molecular weight is 463 g/mol. The highest BCUT2D eigenvalue weighted by Gasteiger charge is 2.35. The fourth-order valence-corrected chi connectivity index (χ4v) is 4.52. The lowest BCUT2D eigenvalue weighted by Gasteiger charge is -2.28. The summed E-state index contributed by atoms with van der Waals surface area (Å²) in [7, 11) is 0. The smallest absolute Gasteiger partial charge is 0.326 e. The SMILES string of the molecule is CC(=O)SC[C@H](C(=O)N[C@H]1CCc2ccccc2N(CC(=O)OC(C)(C)C)C1=O)C(C)C. The molecule has 8 heteroatoms. The molecule has 2 rings (SSSR count). The van der Waals surface area contributed by atoms with E-state index in [9.17, 15) is 19.2 Å². The van der Waals surface area contributed by atoms with Gasteiger partial charge in [0.15, 0.2) is 5.12 Å². The third-order valence-electron chi connectivity index (χ3n) is 5.18. The van der Waals surface area contributed by atoms with Crippen molar-refractivity contribution in [3.05, 3.63) is 29.8 Å². The largest absolute Gasteiger partial charge is 0.459 e. The molecule has 0 unspecified atom stereocenters. The normalized spacial score (nSPS) is 17.4. The van der Waals surface area contributed by atoms with Crippen LogP contribution in [0.2, 0.25) is 0 Å². The predicted molar refractivity (Wildman–Crippen MR) is 126 cm³/mol. The maximum Gasteiger partial charge on any atom is 0.326 e. The van der Waals surface area contributed by atoms with Crippen LogP contribution in [-0.2, 0) is 30.3 Å². The highest BCUT2D eigenvalue weighted by molar-refractivity contribution is 8.13. The van der Waals surface area contributed by atoms with E-state index >= 15 is 0 Å². The van der Waals surface area contributed by atoms with Gasteiger partial charge in [-0.05, 0) is 51.2 Å². The molecule has 1 aliphatic heterocycles. The fraction of sp³-hybridized carbons (Fsp3) is 0.583. The number of carbonyl (C=O) groups excluding carboxylic acids is 4. The molecule has 0 aromatic heterocycles. The Morgan fingerprint density at radius 1 is 1.22 bits per heavy atom. The Labute approximate surface area is 194 Å². The highest BCUT2D eigenvalue weighted by atomic mass is 32.2. The molecule has 176 valence electrons. The van der Waals surface area contributed by atoms with E-state index in [2.05, 4.69) is 5.32 Å². The fourth-order valence-electron chi connectivity index (χ4n) is 3.57. The molecule has 0 saturated carbocycles. The first-order valence-corrected chi connectivity index (χ1v) is 11.9. The van der Waals surface area contributed by atoms with Gasteiger partial charge in [0.05, 0.1) is 0 Å². The Morgan fingerprint density at radius 2 is 1.88 bits per heavy atom. The van der Waals surface area contributed by atoms with Gasteiger partial charge in [0.1, 0.15) is 18.2 Å². The van der Waals surface area contributed by atoms with Gasteiger partial charge < -0.3 is 10.1 Å². The van der Waals surface area contributed by atoms with Crippen LogP contribution in [0.5, 0.6) is 0 Å². The number of esters is 1. The molecular weight excluding hydrogens is 428 g/mol. The molecule has 7 nitrogen and oxygen atoms in total. The molecule has 0 fully saturated rings. The summed E-state index contributed by atoms with van der Waals surface area (Å²) in [6, 6.07) is 6.68. The average Bonchev–Trinajstić information content (AvgIpc) is 2.78. The van der Waals surface area contributed by atoms with Gasteiger partial charge in [0, 0.05) is 24.3 Å². The van der Waals surface area contributed by atoms with Gasteiger partial charge >= 0.3 is 5.97 Å². The van der Waals surface area contributed by atoms with Crippen molar-refractivity contribution in [2.45, 2.75) is 66.0 Å². The molecule has 0 radical (unpaired) electrons. The monoisotopic (exact) mass is 462 g/mol. The summed E-state index contributed by atoms with van der Waals surface area (Å²) in [6.45, 7) is 10.4. The third kappa shape index (κ3) is 7.36. The van der Waals surface area contributed by atoms with Crippen molar-refractivity contribution >= 4 is 40.3 Å². The predicted octanol–water partition coefficient (Wildman–Crippen LogP) is 3.34. The first-order valence-electron chi connectivity index (χ1n) is 10.9. The van der Waals surface area contributed by atoms with Gasteiger partial charge in [0.2, 0.25) is 11.8 Å². The molecule has 32 heavy (non-hydrogen) atoms. The zero-order chi connectivity index (χ0) is 24.1. The highest BCUT2D eigenvalue weighted by Crippen LogP contribution is 2.28. The van der Waals surface area contributed by atoms with E-state index in [0.29, 0.717) is 24.3 Å². The lowest BCUT2D eigenvalue weighted by Crippen LogP contribution is -2.51. The molecular formula is C24H34N2O5S. The molecule has 2 amide bonds. The number of para-hydroxylation sites is 1. The summed E-state index contributed by atoms with van der Waals surface area (Å²) in [4.78, 5) is 51.8. The number of carbonyl (C=O) groups is 4. The molecule has 2 atom stereocenters. The molecule has 0 spiro atoms. The Kier molecular flexibility index (Phi) is 8.89. The van der Waals surface area contributed by atoms with Crippen molar-refractivity contribution in [2.24, 2.45) is 11.8 Å². The van der Waals surface area contributed by atoms with E-state index < -0.39 is 23.5 Å². The van der Waals surface area contributed by atoms with Crippen LogP contribution in [0, 0.1) is 11.8 Å². The number of aryl methyl sites for hydroxylation is 1. The molecule has 1 aliphatic rings. The number of ether oxygens (including phenoxy) is 1. The first kappa shape index (κ1) is 25.9. The number of rotatable bonds is 7. The number of fused-ring (bicyclic) bond motifs is 1. The van der Waals surface area contributed by atoms with Gasteiger partial charge in [-0.15, -0.1) is 0 Å². The number of amides is 2. The van der Waals surface area contributed by atoms with E-state index in [-0.39, 0.29) is 29.4 Å². The van der Waals surface area contributed by atoms with Crippen LogP contribution in [-0.4, -0.2) is 46.8 Å². The second-order valence-electron chi connectivity index (χ2n) is 9.39. The maximum absolute atomic E-state index is 13.4. The number of nitrogens with one attached hydrogen (secondary N) is 1. The molecule has 1 heterocycles. The zero-order valence-electron chi connectivity index (χ0n) is 19.8. The standard InChI is InChI=1S/C24H34N2O5S/c1-15(2)18(14-32-16(3)27)22(29)25-19-12-11-17-9-7-8-10-20(17)26(23(19)30)13-21(28)31-24(4,5)6/h7-10,15,18-19H,11-14H2,1-6H3,(H,25,29)/t18-,19-/m0/s1. The number of nitrogens with zero attached hydrogens (tertiary/aromatic N) is 1. The molecule has 0 aliphatic carbocycles. The van der Waals surface area contributed by atoms with Crippen LogP contribution in [0.25, 0.3) is 0 Å². The molecule has 1 N–H and O–H groups in total. The molecule has 0 saturated heterocycles. The minimum atomic E-state index is -0.763. The Bertz CT molecular complexity index is 862. The van der Waals surface area contributed by atoms with E-state index in [1.807, 2.05) is 38.1 Å². The van der Waals surface area contributed by atoms with Gasteiger partial charge in [-0.3, -0.25) is 24.1 Å². The van der Waals surface area contributed by atoms with Gasteiger partial charge in [0.25, 0.3) is 0 Å². The maximum atomic E-state index is 13.4. The van der Waals surface area contributed by atoms with Crippen molar-refractivity contribution in [1.82, 2.24) is 5.32 Å². The van der Waals surface area contributed by atoms with Gasteiger partial charge in [-0.25, -0.2) is 0 Å². The van der Waals surface area contributed by atoms with Crippen molar-refractivity contribution in [2.75, 3.05) is 17.2 Å². The minimum Gasteiger partial charge on any atom is -0.459 e. The summed E-state index contributed by atoms with van der Waals surface area (Å²) in [5, 5.41) is 2.85. The van der Waals surface area contributed by atoms with Crippen LogP contribution in [0.3, 0.4) is 0 Å². The van der Waals surface area contributed by atoms with Crippen molar-refractivity contribution in [3.63, 3.8) is 0 Å². The Balaban J connectivity index is 2.24. The van der Waals surface area contributed by atoms with Crippen LogP contribution in [0.4, 0.5) is 5.69 Å². The minimum absolute atomic E-state index is 0.0118. The summed E-state index contributed by atoms with van der Waals surface area (Å²) in [6.07, 6.45) is 1.02. The molecule has 0 bridgehead atoms. The number of hydrogen-bond acceptors (Lipinski definition) is 6. The first-order chi connectivity index (χ1) is 14.9. The van der Waals surface area contributed by atoms with Crippen molar-refractivity contribution in [3.8, 4) is 0 Å². The van der Waals surface area contributed by atoms with E-state index in [0.717, 1.165) is 17.3 Å². The quantitative estimate of drug-likeness (QED) is 0.625. The van der Waals surface area contributed by atoms with Crippen LogP contribution < -0.4 is 10.2 Å². The zero-order valence-corrected chi connectivity index (χ0v) is 20.6. The number of hydrogen-bond donors (Lipinski definition) is 1. The van der Waals surface area contributed by atoms with Gasteiger partial charge in [-0.1, -0.05) is 43.8 Å². The Morgan fingerprint density at radius 3 is 2.47 bits per heavy atom. The third-order valence-corrected chi connectivity index (χ3v) is 6.11. The second-order valence-corrected chi connectivity index (χ2v) is 10.6. The Hall–Kier alpha value is -2.35. The van der Waals surface area contributed by atoms with E-state index in [1.54, 1.807) is 20.8 Å². The summed E-state index contributed by atoms with van der Waals surface area (Å²) >= 11 is 1.11. The molecule has 1 aromatic carbocycles. The van der Waals surface area contributed by atoms with Crippen molar-refractivity contribution in [1.29, 1.82) is 0 Å². The van der Waals surface area contributed by atoms with Crippen LogP contribution in [0.1, 0.15) is 53.5 Å². The number of anilines is 1. The van der Waals surface area contributed by atoms with Crippen LogP contribution in [0.15, 0.2) is 24.3 Å². The van der Waals surface area contributed by atoms with Crippen LogP contribution >= 0.6 is 11.8 Å². The molecule has 1 aromatic rings. The lowest BCUT2D eigenvalue weighted by molar-refractivity contribution is -0.153. The summed E-state index contributed by atoms with van der Waals surface area (Å²) in [5.74, 6) is -1.13. The van der Waals surface area contributed by atoms with Crippen molar-refractivity contribution < 1.29 is 23.9 Å². The summed E-state index contributed by atoms with van der Waals surface area (Å²) < 4.78 is 5.43. The second kappa shape index (κ2) is 11.0. The van der Waals surface area contributed by atoms with E-state index in [4.69, 9.17) is 4.74 Å². The topological polar surface area (TPSA) is 92.8 Å².